The van der Waals surface area contributed by atoms with Crippen LogP contribution in [0, 0.1) is 0 Å². The molecule has 1 aromatic heterocycles. The Balaban J connectivity index is 2.00. The number of nitrogens with one attached hydrogen (secondary N) is 1. The van der Waals surface area contributed by atoms with Crippen LogP contribution in [-0.2, 0) is 17.9 Å². The van der Waals surface area contributed by atoms with Gasteiger partial charge in [-0.05, 0) is 17.7 Å². The second kappa shape index (κ2) is 8.73. The van der Waals surface area contributed by atoms with E-state index < -0.39 is 0 Å². The predicted octanol–water partition coefficient (Wildman–Crippen LogP) is 2.55. The summed E-state index contributed by atoms with van der Waals surface area (Å²) < 4.78 is 5.71. The topological polar surface area (TPSA) is 54.5 Å². The SMILES string of the molecule is COc1ccc(CN(CCNC=O)Cc2cnc(Cl)s2)cc1. The highest BCUT2D eigenvalue weighted by Crippen LogP contribution is 2.20. The molecular formula is C15H18ClN3O2S. The van der Waals surface area contributed by atoms with Crippen LogP contribution in [0.3, 0.4) is 0 Å². The Morgan fingerprint density at radius 1 is 1.36 bits per heavy atom. The van der Waals surface area contributed by atoms with Crippen molar-refractivity contribution in [3.63, 3.8) is 0 Å². The van der Waals surface area contributed by atoms with Gasteiger partial charge in [-0.15, -0.1) is 11.3 Å². The van der Waals surface area contributed by atoms with Crippen LogP contribution >= 0.6 is 22.9 Å². The summed E-state index contributed by atoms with van der Waals surface area (Å²) in [5.74, 6) is 0.840. The van der Waals surface area contributed by atoms with E-state index in [-0.39, 0.29) is 0 Å². The molecule has 0 aliphatic carbocycles. The molecule has 0 fully saturated rings. The van der Waals surface area contributed by atoms with Crippen molar-refractivity contribution in [2.24, 2.45) is 0 Å². The fraction of sp³-hybridized carbons (Fsp3) is 0.333. The van der Waals surface area contributed by atoms with E-state index in [0.717, 1.165) is 36.7 Å². The van der Waals surface area contributed by atoms with Gasteiger partial charge in [-0.3, -0.25) is 9.69 Å². The van der Waals surface area contributed by atoms with E-state index in [0.29, 0.717) is 11.0 Å². The number of nitrogens with zero attached hydrogens (tertiary/aromatic N) is 2. The van der Waals surface area contributed by atoms with E-state index in [9.17, 15) is 4.79 Å². The monoisotopic (exact) mass is 339 g/mol. The van der Waals surface area contributed by atoms with Crippen molar-refractivity contribution in [3.8, 4) is 5.75 Å². The Morgan fingerprint density at radius 3 is 2.73 bits per heavy atom. The van der Waals surface area contributed by atoms with E-state index in [2.05, 4.69) is 15.2 Å². The number of benzene rings is 1. The lowest BCUT2D eigenvalue weighted by atomic mass is 10.2. The third kappa shape index (κ3) is 5.29. The molecule has 0 unspecified atom stereocenters. The lowest BCUT2D eigenvalue weighted by Gasteiger charge is -2.21. The van der Waals surface area contributed by atoms with Gasteiger partial charge in [0, 0.05) is 37.3 Å². The minimum Gasteiger partial charge on any atom is -0.497 e. The van der Waals surface area contributed by atoms with Crippen molar-refractivity contribution in [2.45, 2.75) is 13.1 Å². The number of amides is 1. The van der Waals surface area contributed by atoms with Gasteiger partial charge in [0.05, 0.1) is 7.11 Å². The number of aromatic nitrogens is 1. The number of hydrogen-bond acceptors (Lipinski definition) is 5. The van der Waals surface area contributed by atoms with Crippen LogP contribution in [0.25, 0.3) is 0 Å². The molecule has 0 saturated carbocycles. The maximum atomic E-state index is 10.4. The number of hydrogen-bond donors (Lipinski definition) is 1. The van der Waals surface area contributed by atoms with E-state index >= 15 is 0 Å². The molecule has 22 heavy (non-hydrogen) atoms. The largest absolute Gasteiger partial charge is 0.497 e. The minimum absolute atomic E-state index is 0.547. The first-order valence-corrected chi connectivity index (χ1v) is 8.03. The highest BCUT2D eigenvalue weighted by atomic mass is 35.5. The molecule has 7 heteroatoms. The highest BCUT2D eigenvalue weighted by molar-refractivity contribution is 7.15. The molecule has 0 bridgehead atoms. The Morgan fingerprint density at radius 2 is 2.14 bits per heavy atom. The molecule has 1 amide bonds. The predicted molar refractivity (Wildman–Crippen MR) is 88.3 cm³/mol. The molecule has 0 aliphatic heterocycles. The molecule has 1 N–H and O–H groups in total. The molecule has 0 saturated heterocycles. The molecule has 0 spiro atoms. The molecule has 5 nitrogen and oxygen atoms in total. The average Bonchev–Trinajstić information content (AvgIpc) is 2.93. The number of thiazole rings is 1. The lowest BCUT2D eigenvalue weighted by molar-refractivity contribution is -0.109. The molecule has 0 atom stereocenters. The van der Waals surface area contributed by atoms with Crippen LogP contribution in [0.15, 0.2) is 30.5 Å². The number of rotatable bonds is 9. The van der Waals surface area contributed by atoms with Crippen molar-refractivity contribution >= 4 is 29.3 Å². The first-order valence-electron chi connectivity index (χ1n) is 6.84. The lowest BCUT2D eigenvalue weighted by Crippen LogP contribution is -2.30. The van der Waals surface area contributed by atoms with Crippen LogP contribution in [0.5, 0.6) is 5.75 Å². The summed E-state index contributed by atoms with van der Waals surface area (Å²) >= 11 is 7.36. The smallest absolute Gasteiger partial charge is 0.207 e. The van der Waals surface area contributed by atoms with Crippen molar-refractivity contribution in [1.82, 2.24) is 15.2 Å². The highest BCUT2D eigenvalue weighted by Gasteiger charge is 2.09. The van der Waals surface area contributed by atoms with Crippen molar-refractivity contribution in [3.05, 3.63) is 45.4 Å². The molecular weight excluding hydrogens is 322 g/mol. The maximum absolute atomic E-state index is 10.4. The standard InChI is InChI=1S/C15H18ClN3O2S/c1-21-13-4-2-12(3-5-13)9-19(7-6-17-11-20)10-14-8-18-15(16)22-14/h2-5,8,11H,6-7,9-10H2,1H3,(H,17,20). The molecule has 1 heterocycles. The van der Waals surface area contributed by atoms with Gasteiger partial charge in [-0.25, -0.2) is 4.98 Å². The molecule has 118 valence electrons. The van der Waals surface area contributed by atoms with E-state index in [1.807, 2.05) is 24.3 Å². The molecule has 2 rings (SSSR count). The van der Waals surface area contributed by atoms with Crippen molar-refractivity contribution in [1.29, 1.82) is 0 Å². The fourth-order valence-corrected chi connectivity index (χ4v) is 3.08. The Kier molecular flexibility index (Phi) is 6.64. The Labute approximate surface area is 138 Å². The van der Waals surface area contributed by atoms with Gasteiger partial charge in [0.15, 0.2) is 4.47 Å². The molecule has 0 radical (unpaired) electrons. The zero-order valence-electron chi connectivity index (χ0n) is 12.3. The van der Waals surface area contributed by atoms with Gasteiger partial charge < -0.3 is 10.1 Å². The quantitative estimate of drug-likeness (QED) is 0.563. The van der Waals surface area contributed by atoms with Gasteiger partial charge in [0.1, 0.15) is 5.75 Å². The first-order chi connectivity index (χ1) is 10.7. The van der Waals surface area contributed by atoms with Gasteiger partial charge in [0.25, 0.3) is 0 Å². The van der Waals surface area contributed by atoms with Crippen LogP contribution < -0.4 is 10.1 Å². The van der Waals surface area contributed by atoms with E-state index in [1.54, 1.807) is 13.3 Å². The number of carbonyl (C=O) groups excluding carboxylic acids is 1. The summed E-state index contributed by atoms with van der Waals surface area (Å²) in [4.78, 5) is 17.8. The number of methoxy groups -OCH3 is 1. The van der Waals surface area contributed by atoms with Gasteiger partial charge in [-0.2, -0.15) is 0 Å². The van der Waals surface area contributed by atoms with Crippen molar-refractivity contribution in [2.75, 3.05) is 20.2 Å². The van der Waals surface area contributed by atoms with E-state index in [4.69, 9.17) is 16.3 Å². The third-order valence-corrected chi connectivity index (χ3v) is 4.23. The van der Waals surface area contributed by atoms with Gasteiger partial charge in [0.2, 0.25) is 6.41 Å². The zero-order valence-corrected chi connectivity index (χ0v) is 13.9. The van der Waals surface area contributed by atoms with Crippen molar-refractivity contribution < 1.29 is 9.53 Å². The summed E-state index contributed by atoms with van der Waals surface area (Å²) in [6, 6.07) is 7.97. The summed E-state index contributed by atoms with van der Waals surface area (Å²) in [7, 11) is 1.65. The third-order valence-electron chi connectivity index (χ3n) is 3.13. The minimum atomic E-state index is 0.547. The van der Waals surface area contributed by atoms with Gasteiger partial charge in [-0.1, -0.05) is 23.7 Å². The summed E-state index contributed by atoms with van der Waals surface area (Å²) in [5.41, 5.74) is 1.18. The van der Waals surface area contributed by atoms with Crippen LogP contribution in [0.2, 0.25) is 4.47 Å². The fourth-order valence-electron chi connectivity index (χ4n) is 2.06. The van der Waals surface area contributed by atoms with Crippen LogP contribution in [0.1, 0.15) is 10.4 Å². The van der Waals surface area contributed by atoms with Gasteiger partial charge >= 0.3 is 0 Å². The maximum Gasteiger partial charge on any atom is 0.207 e. The summed E-state index contributed by atoms with van der Waals surface area (Å²) in [6.45, 7) is 2.88. The molecule has 2 aromatic rings. The number of halogens is 1. The van der Waals surface area contributed by atoms with Crippen LogP contribution in [0.4, 0.5) is 0 Å². The van der Waals surface area contributed by atoms with E-state index in [1.165, 1.54) is 16.9 Å². The zero-order chi connectivity index (χ0) is 15.8. The number of carbonyl (C=O) groups is 1. The molecule has 0 aliphatic rings. The van der Waals surface area contributed by atoms with Crippen LogP contribution in [-0.4, -0.2) is 36.5 Å². The Hall–Kier alpha value is -1.63. The Bertz CT molecular complexity index is 589. The first kappa shape index (κ1) is 16.7. The summed E-state index contributed by atoms with van der Waals surface area (Å²) in [6.07, 6.45) is 2.51. The normalized spacial score (nSPS) is 10.7. The molecule has 1 aromatic carbocycles. The summed E-state index contributed by atoms with van der Waals surface area (Å²) in [5, 5.41) is 2.69. The second-order valence-electron chi connectivity index (χ2n) is 4.71. The number of ether oxygens (including phenoxy) is 1. The second-order valence-corrected chi connectivity index (χ2v) is 6.41. The average molecular weight is 340 g/mol.